The lowest BCUT2D eigenvalue weighted by Crippen LogP contribution is -2.25. The van der Waals surface area contributed by atoms with E-state index in [9.17, 15) is 4.79 Å². The van der Waals surface area contributed by atoms with Gasteiger partial charge < -0.3 is 9.32 Å². The smallest absolute Gasteiger partial charge is 0.293 e. The lowest BCUT2D eigenvalue weighted by molar-refractivity contribution is 0.0966. The van der Waals surface area contributed by atoms with Crippen molar-refractivity contribution >= 4 is 11.6 Å². The van der Waals surface area contributed by atoms with Gasteiger partial charge in [0, 0.05) is 12.7 Å². The second-order valence-electron chi connectivity index (χ2n) is 3.50. The lowest BCUT2D eigenvalue weighted by Gasteiger charge is -2.15. The Morgan fingerprint density at radius 2 is 2.18 bits per heavy atom. The fourth-order valence-corrected chi connectivity index (χ4v) is 1.47. The predicted octanol–water partition coefficient (Wildman–Crippen LogP) is 2.43. The normalized spacial score (nSPS) is 9.65. The molecule has 0 spiro atoms. The molecule has 0 atom stereocenters. The molecule has 0 aliphatic rings. The first kappa shape index (κ1) is 11.0. The molecule has 4 heteroatoms. The minimum atomic E-state index is -0.245. The number of hydrogen-bond donors (Lipinski definition) is 0. The molecule has 0 N–H and O–H groups in total. The number of carbonyl (C=O) groups excluding carboxylic acids is 1. The molecule has 0 bridgehead atoms. The van der Waals surface area contributed by atoms with E-state index in [4.69, 9.17) is 9.68 Å². The van der Waals surface area contributed by atoms with Crippen LogP contribution in [-0.2, 0) is 0 Å². The van der Waals surface area contributed by atoms with Gasteiger partial charge in [0.2, 0.25) is 0 Å². The molecule has 0 saturated carbocycles. The molecule has 2 aromatic rings. The summed E-state index contributed by atoms with van der Waals surface area (Å²) in [5, 5.41) is 8.79. The standard InChI is InChI=1S/C13H10N2O2/c1-15(13(16)12-6-3-7-17-12)11-5-2-4-10(8-11)9-14/h2-8H,1H3. The first-order chi connectivity index (χ1) is 8.22. The van der Waals surface area contributed by atoms with Gasteiger partial charge in [-0.15, -0.1) is 0 Å². The molecule has 2 rings (SSSR count). The largest absolute Gasteiger partial charge is 0.459 e. The van der Waals surface area contributed by atoms with Crippen LogP contribution in [0.15, 0.2) is 47.1 Å². The van der Waals surface area contributed by atoms with Crippen LogP contribution in [0.4, 0.5) is 5.69 Å². The van der Waals surface area contributed by atoms with E-state index in [0.29, 0.717) is 11.3 Å². The Morgan fingerprint density at radius 3 is 2.82 bits per heavy atom. The number of carbonyl (C=O) groups is 1. The van der Waals surface area contributed by atoms with Gasteiger partial charge in [0.05, 0.1) is 17.9 Å². The molecule has 0 saturated heterocycles. The van der Waals surface area contributed by atoms with Gasteiger partial charge in [-0.25, -0.2) is 0 Å². The zero-order valence-corrected chi connectivity index (χ0v) is 9.25. The minimum Gasteiger partial charge on any atom is -0.459 e. The van der Waals surface area contributed by atoms with Gasteiger partial charge in [-0.05, 0) is 30.3 Å². The quantitative estimate of drug-likeness (QED) is 0.790. The molecule has 0 fully saturated rings. The highest BCUT2D eigenvalue weighted by Crippen LogP contribution is 2.17. The van der Waals surface area contributed by atoms with Crippen LogP contribution in [0.2, 0.25) is 0 Å². The van der Waals surface area contributed by atoms with Crippen molar-refractivity contribution < 1.29 is 9.21 Å². The van der Waals surface area contributed by atoms with Crippen molar-refractivity contribution in [3.05, 3.63) is 54.0 Å². The average Bonchev–Trinajstić information content (AvgIpc) is 2.91. The fraction of sp³-hybridized carbons (Fsp3) is 0.0769. The number of rotatable bonds is 2. The van der Waals surface area contributed by atoms with E-state index < -0.39 is 0 Å². The summed E-state index contributed by atoms with van der Waals surface area (Å²) in [4.78, 5) is 13.4. The molecule has 0 aliphatic carbocycles. The molecule has 4 nitrogen and oxygen atoms in total. The summed E-state index contributed by atoms with van der Waals surface area (Å²) in [6.07, 6.45) is 1.45. The molecule has 0 radical (unpaired) electrons. The molecule has 84 valence electrons. The Hall–Kier alpha value is -2.54. The second-order valence-corrected chi connectivity index (χ2v) is 3.50. The summed E-state index contributed by atoms with van der Waals surface area (Å²) in [5.74, 6) is 0.0277. The van der Waals surface area contributed by atoms with E-state index in [1.807, 2.05) is 6.07 Å². The van der Waals surface area contributed by atoms with Gasteiger partial charge >= 0.3 is 0 Å². The highest BCUT2D eigenvalue weighted by atomic mass is 16.3. The molecule has 0 unspecified atom stereocenters. The highest BCUT2D eigenvalue weighted by Gasteiger charge is 2.15. The predicted molar refractivity (Wildman–Crippen MR) is 62.6 cm³/mol. The van der Waals surface area contributed by atoms with Crippen molar-refractivity contribution in [3.63, 3.8) is 0 Å². The molecular weight excluding hydrogens is 216 g/mol. The van der Waals surface area contributed by atoms with Gasteiger partial charge in [-0.2, -0.15) is 5.26 Å². The van der Waals surface area contributed by atoms with E-state index in [2.05, 4.69) is 0 Å². The van der Waals surface area contributed by atoms with Crippen molar-refractivity contribution in [3.8, 4) is 6.07 Å². The van der Waals surface area contributed by atoms with E-state index in [1.165, 1.54) is 11.2 Å². The van der Waals surface area contributed by atoms with Crippen LogP contribution < -0.4 is 4.90 Å². The zero-order valence-electron chi connectivity index (χ0n) is 9.25. The Labute approximate surface area is 98.7 Å². The number of nitriles is 1. The van der Waals surface area contributed by atoms with Crippen molar-refractivity contribution in [1.29, 1.82) is 5.26 Å². The summed E-state index contributed by atoms with van der Waals surface area (Å²) < 4.78 is 5.04. The van der Waals surface area contributed by atoms with Crippen molar-refractivity contribution in [2.45, 2.75) is 0 Å². The topological polar surface area (TPSA) is 57.2 Å². The number of benzene rings is 1. The van der Waals surface area contributed by atoms with E-state index in [1.54, 1.807) is 43.4 Å². The van der Waals surface area contributed by atoms with Gasteiger partial charge in [0.1, 0.15) is 0 Å². The third-order valence-electron chi connectivity index (χ3n) is 2.40. The third kappa shape index (κ3) is 2.18. The number of furan rings is 1. The van der Waals surface area contributed by atoms with Gasteiger partial charge in [-0.1, -0.05) is 6.07 Å². The highest BCUT2D eigenvalue weighted by molar-refractivity contribution is 6.03. The Balaban J connectivity index is 2.28. The van der Waals surface area contributed by atoms with Crippen LogP contribution >= 0.6 is 0 Å². The molecule has 1 amide bonds. The summed E-state index contributed by atoms with van der Waals surface area (Å²) in [6, 6.07) is 12.1. The first-order valence-electron chi connectivity index (χ1n) is 5.04. The van der Waals surface area contributed by atoms with Gasteiger partial charge in [0.25, 0.3) is 5.91 Å². The number of nitrogens with zero attached hydrogens (tertiary/aromatic N) is 2. The number of hydrogen-bond acceptors (Lipinski definition) is 3. The molecule has 1 aromatic heterocycles. The van der Waals surface area contributed by atoms with Crippen LogP contribution in [0.5, 0.6) is 0 Å². The van der Waals surface area contributed by atoms with Gasteiger partial charge in [-0.3, -0.25) is 4.79 Å². The van der Waals surface area contributed by atoms with Crippen LogP contribution in [0.25, 0.3) is 0 Å². The second kappa shape index (κ2) is 4.54. The third-order valence-corrected chi connectivity index (χ3v) is 2.40. The van der Waals surface area contributed by atoms with Crippen molar-refractivity contribution in [1.82, 2.24) is 0 Å². The van der Waals surface area contributed by atoms with Gasteiger partial charge in [0.15, 0.2) is 5.76 Å². The summed E-state index contributed by atoms with van der Waals surface area (Å²) in [5.41, 5.74) is 1.17. The maximum Gasteiger partial charge on any atom is 0.293 e. The monoisotopic (exact) mass is 226 g/mol. The van der Waals surface area contributed by atoms with Crippen LogP contribution in [-0.4, -0.2) is 13.0 Å². The molecule has 0 aliphatic heterocycles. The molecular formula is C13H10N2O2. The molecule has 1 heterocycles. The minimum absolute atomic E-state index is 0.245. The fourth-order valence-electron chi connectivity index (χ4n) is 1.47. The molecule has 17 heavy (non-hydrogen) atoms. The Bertz CT molecular complexity index is 567. The SMILES string of the molecule is CN(C(=O)c1ccco1)c1cccc(C#N)c1. The van der Waals surface area contributed by atoms with E-state index in [-0.39, 0.29) is 11.7 Å². The van der Waals surface area contributed by atoms with Crippen LogP contribution in [0, 0.1) is 11.3 Å². The molecule has 1 aromatic carbocycles. The Kier molecular flexibility index (Phi) is 2.93. The average molecular weight is 226 g/mol. The summed E-state index contributed by atoms with van der Waals surface area (Å²) >= 11 is 0. The van der Waals surface area contributed by atoms with Crippen molar-refractivity contribution in [2.24, 2.45) is 0 Å². The van der Waals surface area contributed by atoms with Crippen molar-refractivity contribution in [2.75, 3.05) is 11.9 Å². The zero-order chi connectivity index (χ0) is 12.3. The summed E-state index contributed by atoms with van der Waals surface area (Å²) in [7, 11) is 1.64. The number of anilines is 1. The lowest BCUT2D eigenvalue weighted by atomic mass is 10.2. The maximum atomic E-state index is 12.0. The van der Waals surface area contributed by atoms with Crippen LogP contribution in [0.3, 0.4) is 0 Å². The maximum absolute atomic E-state index is 12.0. The summed E-state index contributed by atoms with van der Waals surface area (Å²) in [6.45, 7) is 0. The first-order valence-corrected chi connectivity index (χ1v) is 5.04. The Morgan fingerprint density at radius 1 is 1.35 bits per heavy atom. The number of amides is 1. The van der Waals surface area contributed by atoms with E-state index >= 15 is 0 Å². The van der Waals surface area contributed by atoms with Crippen LogP contribution in [0.1, 0.15) is 16.1 Å². The van der Waals surface area contributed by atoms with E-state index in [0.717, 1.165) is 0 Å².